The predicted octanol–water partition coefficient (Wildman–Crippen LogP) is 3.02. The number of thiophene rings is 1. The van der Waals surface area contributed by atoms with Crippen LogP contribution in [0.3, 0.4) is 0 Å². The van der Waals surface area contributed by atoms with Gasteiger partial charge in [0.15, 0.2) is 0 Å². The van der Waals surface area contributed by atoms with Crippen LogP contribution in [0.1, 0.15) is 11.1 Å². The molecule has 0 fully saturated rings. The number of benzene rings is 1. The first-order valence-electron chi connectivity index (χ1n) is 5.29. The molecule has 1 aromatic carbocycles. The summed E-state index contributed by atoms with van der Waals surface area (Å²) < 4.78 is 0. The molecule has 0 aliphatic rings. The van der Waals surface area contributed by atoms with Crippen LogP contribution in [-0.4, -0.2) is 12.0 Å². The fraction of sp³-hybridized carbons (Fsp3) is 0.154. The van der Waals surface area contributed by atoms with Crippen LogP contribution in [0.15, 0.2) is 41.1 Å². The zero-order chi connectivity index (χ0) is 12.3. The molecule has 0 unspecified atom stereocenters. The molecule has 0 bridgehead atoms. The van der Waals surface area contributed by atoms with Gasteiger partial charge in [0, 0.05) is 24.8 Å². The first-order chi connectivity index (χ1) is 8.16. The van der Waals surface area contributed by atoms with Gasteiger partial charge >= 0.3 is 0 Å². The molecule has 0 aliphatic heterocycles. The summed E-state index contributed by atoms with van der Waals surface area (Å²) in [5.41, 5.74) is 8.99. The minimum Gasteiger partial charge on any atom is -0.389 e. The monoisotopic (exact) mass is 262 g/mol. The highest BCUT2D eigenvalue weighted by Gasteiger charge is 2.04. The molecule has 2 N–H and O–H groups in total. The largest absolute Gasteiger partial charge is 0.389 e. The molecule has 4 heteroatoms. The Labute approximate surface area is 111 Å². The Bertz CT molecular complexity index is 506. The number of hydrogen-bond donors (Lipinski definition) is 1. The molecule has 0 amide bonds. The van der Waals surface area contributed by atoms with Crippen molar-refractivity contribution in [2.75, 3.05) is 11.9 Å². The summed E-state index contributed by atoms with van der Waals surface area (Å²) in [6, 6.07) is 10.1. The maximum absolute atomic E-state index is 5.63. The minimum atomic E-state index is 0.441. The van der Waals surface area contributed by atoms with Gasteiger partial charge in [-0.1, -0.05) is 24.4 Å². The molecule has 88 valence electrons. The van der Waals surface area contributed by atoms with Crippen LogP contribution in [0.2, 0.25) is 0 Å². The van der Waals surface area contributed by atoms with Crippen molar-refractivity contribution < 1.29 is 0 Å². The standard InChI is InChI=1S/C13H14N2S2/c1-15(8-10-5-6-17-9-10)12-4-2-3-11(7-12)13(14)16/h2-7,9H,8H2,1H3,(H2,14,16). The Morgan fingerprint density at radius 3 is 2.88 bits per heavy atom. The van der Waals surface area contributed by atoms with Crippen molar-refractivity contribution in [2.45, 2.75) is 6.54 Å². The summed E-state index contributed by atoms with van der Waals surface area (Å²) >= 11 is 6.70. The number of anilines is 1. The zero-order valence-electron chi connectivity index (χ0n) is 9.59. The van der Waals surface area contributed by atoms with Crippen molar-refractivity contribution in [1.29, 1.82) is 0 Å². The van der Waals surface area contributed by atoms with E-state index >= 15 is 0 Å². The van der Waals surface area contributed by atoms with Gasteiger partial charge in [0.05, 0.1) is 0 Å². The molecular formula is C13H14N2S2. The smallest absolute Gasteiger partial charge is 0.104 e. The molecule has 0 saturated heterocycles. The third-order valence-corrected chi connectivity index (χ3v) is 3.54. The van der Waals surface area contributed by atoms with E-state index in [1.165, 1.54) is 5.56 Å². The number of rotatable bonds is 4. The summed E-state index contributed by atoms with van der Waals surface area (Å²) in [6.07, 6.45) is 0. The van der Waals surface area contributed by atoms with Crippen LogP contribution >= 0.6 is 23.6 Å². The molecule has 17 heavy (non-hydrogen) atoms. The average Bonchev–Trinajstić information content (AvgIpc) is 2.82. The fourth-order valence-electron chi connectivity index (χ4n) is 1.64. The second kappa shape index (κ2) is 5.29. The van der Waals surface area contributed by atoms with Crippen molar-refractivity contribution in [3.05, 3.63) is 52.2 Å². The predicted molar refractivity (Wildman–Crippen MR) is 78.8 cm³/mol. The Kier molecular flexibility index (Phi) is 3.76. The molecule has 0 atom stereocenters. The molecule has 1 heterocycles. The fourth-order valence-corrected chi connectivity index (χ4v) is 2.43. The van der Waals surface area contributed by atoms with Crippen LogP contribution in [-0.2, 0) is 6.54 Å². The first-order valence-corrected chi connectivity index (χ1v) is 6.64. The number of hydrogen-bond acceptors (Lipinski definition) is 3. The van der Waals surface area contributed by atoms with Gasteiger partial charge in [-0.2, -0.15) is 11.3 Å². The molecule has 0 spiro atoms. The van der Waals surface area contributed by atoms with Gasteiger partial charge in [0.1, 0.15) is 4.99 Å². The Balaban J connectivity index is 2.16. The lowest BCUT2D eigenvalue weighted by atomic mass is 10.2. The summed E-state index contributed by atoms with van der Waals surface area (Å²) in [5.74, 6) is 0. The summed E-state index contributed by atoms with van der Waals surface area (Å²) in [6.45, 7) is 0.893. The highest BCUT2D eigenvalue weighted by Crippen LogP contribution is 2.18. The van der Waals surface area contributed by atoms with Gasteiger partial charge in [-0.3, -0.25) is 0 Å². The molecule has 0 saturated carbocycles. The van der Waals surface area contributed by atoms with E-state index in [1.54, 1.807) is 11.3 Å². The van der Waals surface area contributed by atoms with Crippen molar-refractivity contribution >= 4 is 34.2 Å². The van der Waals surface area contributed by atoms with E-state index in [2.05, 4.69) is 34.8 Å². The van der Waals surface area contributed by atoms with Crippen LogP contribution in [0.25, 0.3) is 0 Å². The average molecular weight is 262 g/mol. The molecule has 0 aliphatic carbocycles. The van der Waals surface area contributed by atoms with Crippen molar-refractivity contribution in [3.63, 3.8) is 0 Å². The summed E-state index contributed by atoms with van der Waals surface area (Å²) in [5, 5.41) is 4.25. The van der Waals surface area contributed by atoms with Crippen LogP contribution in [0, 0.1) is 0 Å². The van der Waals surface area contributed by atoms with Gasteiger partial charge in [-0.25, -0.2) is 0 Å². The van der Waals surface area contributed by atoms with Gasteiger partial charge in [-0.15, -0.1) is 0 Å². The molecule has 2 aromatic rings. The number of nitrogens with two attached hydrogens (primary N) is 1. The SMILES string of the molecule is CN(Cc1ccsc1)c1cccc(C(N)=S)c1. The van der Waals surface area contributed by atoms with E-state index in [0.717, 1.165) is 17.8 Å². The van der Waals surface area contributed by atoms with Gasteiger partial charge in [-0.05, 0) is 34.5 Å². The minimum absolute atomic E-state index is 0.441. The van der Waals surface area contributed by atoms with Crippen molar-refractivity contribution in [3.8, 4) is 0 Å². The molecule has 2 nitrogen and oxygen atoms in total. The Hall–Kier alpha value is -1.39. The lowest BCUT2D eigenvalue weighted by Crippen LogP contribution is -2.17. The van der Waals surface area contributed by atoms with E-state index in [0.29, 0.717) is 4.99 Å². The maximum atomic E-state index is 5.63. The number of thiocarbonyl (C=S) groups is 1. The Morgan fingerprint density at radius 2 is 2.24 bits per heavy atom. The highest BCUT2D eigenvalue weighted by atomic mass is 32.1. The van der Waals surface area contributed by atoms with Crippen LogP contribution in [0.5, 0.6) is 0 Å². The highest BCUT2D eigenvalue weighted by molar-refractivity contribution is 7.80. The van der Waals surface area contributed by atoms with Gasteiger partial charge < -0.3 is 10.6 Å². The Morgan fingerprint density at radius 1 is 1.41 bits per heavy atom. The van der Waals surface area contributed by atoms with E-state index in [-0.39, 0.29) is 0 Å². The van der Waals surface area contributed by atoms with Crippen molar-refractivity contribution in [2.24, 2.45) is 5.73 Å². The van der Waals surface area contributed by atoms with Crippen LogP contribution in [0.4, 0.5) is 5.69 Å². The molecule has 0 radical (unpaired) electrons. The third-order valence-electron chi connectivity index (χ3n) is 2.57. The topological polar surface area (TPSA) is 29.3 Å². The maximum Gasteiger partial charge on any atom is 0.104 e. The van der Waals surface area contributed by atoms with E-state index in [4.69, 9.17) is 18.0 Å². The van der Waals surface area contributed by atoms with Gasteiger partial charge in [0.2, 0.25) is 0 Å². The second-order valence-corrected chi connectivity index (χ2v) is 5.12. The molecule has 2 rings (SSSR count). The lowest BCUT2D eigenvalue weighted by molar-refractivity contribution is 0.927. The van der Waals surface area contributed by atoms with Crippen LogP contribution < -0.4 is 10.6 Å². The molecular weight excluding hydrogens is 248 g/mol. The lowest BCUT2D eigenvalue weighted by Gasteiger charge is -2.19. The second-order valence-electron chi connectivity index (χ2n) is 3.90. The summed E-state index contributed by atoms with van der Waals surface area (Å²) in [4.78, 5) is 2.62. The van der Waals surface area contributed by atoms with E-state index < -0.39 is 0 Å². The van der Waals surface area contributed by atoms with E-state index in [1.807, 2.05) is 18.2 Å². The van der Waals surface area contributed by atoms with Crippen molar-refractivity contribution in [1.82, 2.24) is 0 Å². The quantitative estimate of drug-likeness (QED) is 0.859. The third kappa shape index (κ3) is 3.05. The number of nitrogens with zero attached hydrogens (tertiary/aromatic N) is 1. The molecule has 1 aromatic heterocycles. The first kappa shape index (κ1) is 12.1. The summed E-state index contributed by atoms with van der Waals surface area (Å²) in [7, 11) is 2.07. The zero-order valence-corrected chi connectivity index (χ0v) is 11.2. The normalized spacial score (nSPS) is 10.2. The van der Waals surface area contributed by atoms with E-state index in [9.17, 15) is 0 Å². The van der Waals surface area contributed by atoms with Gasteiger partial charge in [0.25, 0.3) is 0 Å².